The molecule has 0 saturated heterocycles. The lowest BCUT2D eigenvalue weighted by Gasteiger charge is -2.19. The van der Waals surface area contributed by atoms with Crippen LogP contribution in [-0.2, 0) is 6.42 Å². The molecule has 0 fully saturated rings. The first-order valence-corrected chi connectivity index (χ1v) is 8.13. The molecule has 0 aliphatic rings. The van der Waals surface area contributed by atoms with Crippen molar-refractivity contribution in [3.63, 3.8) is 0 Å². The molecule has 0 bridgehead atoms. The van der Waals surface area contributed by atoms with Gasteiger partial charge in [0.15, 0.2) is 0 Å². The summed E-state index contributed by atoms with van der Waals surface area (Å²) < 4.78 is 0. The van der Waals surface area contributed by atoms with E-state index in [-0.39, 0.29) is 6.04 Å². The first kappa shape index (κ1) is 14.2. The Kier molecular flexibility index (Phi) is 4.27. The first-order valence-electron chi connectivity index (χ1n) is 7.25. The Morgan fingerprint density at radius 2 is 2.19 bits per heavy atom. The summed E-state index contributed by atoms with van der Waals surface area (Å²) in [6.07, 6.45) is 4.72. The molecule has 0 aliphatic heterocycles. The van der Waals surface area contributed by atoms with E-state index < -0.39 is 0 Å². The van der Waals surface area contributed by atoms with Gasteiger partial charge in [0.05, 0.1) is 5.01 Å². The van der Waals surface area contributed by atoms with Crippen molar-refractivity contribution < 1.29 is 0 Å². The number of aryl methyl sites for hydroxylation is 1. The Morgan fingerprint density at radius 1 is 1.29 bits per heavy atom. The Bertz CT molecular complexity index is 730. The third-order valence-corrected chi connectivity index (χ3v) is 4.58. The summed E-state index contributed by atoms with van der Waals surface area (Å²) in [7, 11) is 0. The number of fused-ring (bicyclic) bond motifs is 1. The van der Waals surface area contributed by atoms with Crippen LogP contribution < -0.4 is 5.32 Å². The van der Waals surface area contributed by atoms with Gasteiger partial charge in [0.1, 0.15) is 0 Å². The zero-order valence-electron chi connectivity index (χ0n) is 12.3. The topological polar surface area (TPSA) is 37.8 Å². The van der Waals surface area contributed by atoms with Crippen molar-refractivity contribution in [1.82, 2.24) is 15.3 Å². The third-order valence-electron chi connectivity index (χ3n) is 3.59. The van der Waals surface area contributed by atoms with E-state index in [2.05, 4.69) is 51.9 Å². The molecule has 1 unspecified atom stereocenters. The molecule has 0 radical (unpaired) electrons. The molecule has 2 heterocycles. The van der Waals surface area contributed by atoms with E-state index in [0.29, 0.717) is 0 Å². The number of pyridine rings is 1. The summed E-state index contributed by atoms with van der Waals surface area (Å²) >= 11 is 1.74. The minimum Gasteiger partial charge on any atom is -0.310 e. The fourth-order valence-electron chi connectivity index (χ4n) is 2.65. The van der Waals surface area contributed by atoms with Gasteiger partial charge in [-0.05, 0) is 30.5 Å². The van der Waals surface area contributed by atoms with E-state index in [4.69, 9.17) is 0 Å². The smallest absolute Gasteiger partial charge is 0.0947 e. The Labute approximate surface area is 129 Å². The van der Waals surface area contributed by atoms with Crippen molar-refractivity contribution in [2.45, 2.75) is 26.3 Å². The predicted octanol–water partition coefficient (Wildman–Crippen LogP) is 3.89. The highest BCUT2D eigenvalue weighted by Crippen LogP contribution is 2.27. The van der Waals surface area contributed by atoms with Gasteiger partial charge < -0.3 is 5.32 Å². The maximum absolute atomic E-state index is 4.60. The summed E-state index contributed by atoms with van der Waals surface area (Å²) in [6, 6.07) is 8.78. The van der Waals surface area contributed by atoms with E-state index in [9.17, 15) is 0 Å². The van der Waals surface area contributed by atoms with Crippen LogP contribution in [-0.4, -0.2) is 16.5 Å². The van der Waals surface area contributed by atoms with Crippen molar-refractivity contribution in [2.24, 2.45) is 0 Å². The van der Waals surface area contributed by atoms with Crippen molar-refractivity contribution >= 4 is 22.1 Å². The van der Waals surface area contributed by atoms with Gasteiger partial charge >= 0.3 is 0 Å². The number of hydrogen-bond acceptors (Lipinski definition) is 4. The van der Waals surface area contributed by atoms with Crippen LogP contribution in [0.1, 0.15) is 29.2 Å². The summed E-state index contributed by atoms with van der Waals surface area (Å²) in [5.41, 5.74) is 2.40. The molecule has 0 saturated carbocycles. The lowest BCUT2D eigenvalue weighted by atomic mass is 9.98. The van der Waals surface area contributed by atoms with Crippen LogP contribution in [0.4, 0.5) is 0 Å². The standard InChI is InChI=1S/C17H19N3S/c1-3-19-16(9-17-20-12(2)11-21-17)14-6-4-5-13-7-8-18-10-15(13)14/h4-8,10-11,16,19H,3,9H2,1-2H3. The van der Waals surface area contributed by atoms with Gasteiger partial charge in [0, 0.05) is 41.3 Å². The minimum absolute atomic E-state index is 0.272. The quantitative estimate of drug-likeness (QED) is 0.776. The predicted molar refractivity (Wildman–Crippen MR) is 88.7 cm³/mol. The third kappa shape index (κ3) is 3.12. The number of thiazole rings is 1. The molecule has 1 aromatic carbocycles. The molecule has 1 atom stereocenters. The lowest BCUT2D eigenvalue weighted by Crippen LogP contribution is -2.23. The largest absolute Gasteiger partial charge is 0.310 e. The molecular weight excluding hydrogens is 278 g/mol. The van der Waals surface area contributed by atoms with Crippen LogP contribution in [0, 0.1) is 6.92 Å². The second-order valence-corrected chi connectivity index (χ2v) is 6.08. The summed E-state index contributed by atoms with van der Waals surface area (Å²) in [5.74, 6) is 0. The van der Waals surface area contributed by atoms with E-state index in [1.54, 1.807) is 11.3 Å². The molecule has 0 aliphatic carbocycles. The molecular formula is C17H19N3S. The molecule has 4 heteroatoms. The van der Waals surface area contributed by atoms with Gasteiger partial charge in [-0.2, -0.15) is 0 Å². The zero-order chi connectivity index (χ0) is 14.7. The normalized spacial score (nSPS) is 12.7. The van der Waals surface area contributed by atoms with E-state index in [1.165, 1.54) is 21.3 Å². The van der Waals surface area contributed by atoms with E-state index in [0.717, 1.165) is 18.7 Å². The zero-order valence-corrected chi connectivity index (χ0v) is 13.2. The number of aromatic nitrogens is 2. The Morgan fingerprint density at radius 3 is 2.95 bits per heavy atom. The van der Waals surface area contributed by atoms with Crippen molar-refractivity contribution in [2.75, 3.05) is 6.54 Å². The van der Waals surface area contributed by atoms with Crippen LogP contribution in [0.2, 0.25) is 0 Å². The Balaban J connectivity index is 1.98. The van der Waals surface area contributed by atoms with Crippen LogP contribution in [0.25, 0.3) is 10.8 Å². The summed E-state index contributed by atoms with van der Waals surface area (Å²) in [6.45, 7) is 5.12. The van der Waals surface area contributed by atoms with Crippen LogP contribution in [0.5, 0.6) is 0 Å². The van der Waals surface area contributed by atoms with Gasteiger partial charge in [-0.3, -0.25) is 4.98 Å². The summed E-state index contributed by atoms with van der Waals surface area (Å²) in [4.78, 5) is 8.89. The lowest BCUT2D eigenvalue weighted by molar-refractivity contribution is 0.551. The number of rotatable bonds is 5. The average Bonchev–Trinajstić information content (AvgIpc) is 2.91. The maximum atomic E-state index is 4.60. The van der Waals surface area contributed by atoms with Crippen LogP contribution >= 0.6 is 11.3 Å². The molecule has 3 nitrogen and oxygen atoms in total. The SMILES string of the molecule is CCNC(Cc1nc(C)cs1)c1cccc2ccncc12. The number of nitrogens with zero attached hydrogens (tertiary/aromatic N) is 2. The first-order chi connectivity index (χ1) is 10.3. The second-order valence-electron chi connectivity index (χ2n) is 5.14. The highest BCUT2D eigenvalue weighted by atomic mass is 32.1. The van der Waals surface area contributed by atoms with Gasteiger partial charge in [-0.15, -0.1) is 11.3 Å². The monoisotopic (exact) mass is 297 g/mol. The van der Waals surface area contributed by atoms with Crippen molar-refractivity contribution in [1.29, 1.82) is 0 Å². The second kappa shape index (κ2) is 6.33. The van der Waals surface area contributed by atoms with Crippen LogP contribution in [0.15, 0.2) is 42.0 Å². The minimum atomic E-state index is 0.272. The molecule has 3 rings (SSSR count). The van der Waals surface area contributed by atoms with Crippen molar-refractivity contribution in [3.8, 4) is 0 Å². The number of likely N-dealkylation sites (N-methyl/N-ethyl adjacent to an activating group) is 1. The Hall–Kier alpha value is -1.78. The van der Waals surface area contributed by atoms with Crippen molar-refractivity contribution in [3.05, 3.63) is 58.3 Å². The molecule has 0 spiro atoms. The van der Waals surface area contributed by atoms with Gasteiger partial charge in [-0.25, -0.2) is 4.98 Å². The van der Waals surface area contributed by atoms with Gasteiger partial charge in [-0.1, -0.05) is 25.1 Å². The van der Waals surface area contributed by atoms with Gasteiger partial charge in [0.2, 0.25) is 0 Å². The van der Waals surface area contributed by atoms with Gasteiger partial charge in [0.25, 0.3) is 0 Å². The highest BCUT2D eigenvalue weighted by molar-refractivity contribution is 7.09. The average molecular weight is 297 g/mol. The summed E-state index contributed by atoms with van der Waals surface area (Å²) in [5, 5.41) is 9.34. The number of nitrogens with one attached hydrogen (secondary N) is 1. The molecule has 21 heavy (non-hydrogen) atoms. The fourth-order valence-corrected chi connectivity index (χ4v) is 3.47. The molecule has 2 aromatic heterocycles. The maximum Gasteiger partial charge on any atom is 0.0947 e. The number of benzene rings is 1. The van der Waals surface area contributed by atoms with Crippen LogP contribution in [0.3, 0.4) is 0 Å². The van der Waals surface area contributed by atoms with E-state index in [1.807, 2.05) is 19.3 Å². The fraction of sp³-hybridized carbons (Fsp3) is 0.294. The molecule has 0 amide bonds. The molecule has 108 valence electrons. The molecule has 1 N–H and O–H groups in total. The number of hydrogen-bond donors (Lipinski definition) is 1. The molecule has 3 aromatic rings. The van der Waals surface area contributed by atoms with E-state index >= 15 is 0 Å². The highest BCUT2D eigenvalue weighted by Gasteiger charge is 2.15.